The Hall–Kier alpha value is -2.21. The average molecular weight is 348 g/mol. The number of carbonyl (C=O) groups excluding carboxylic acids is 1. The van der Waals surface area contributed by atoms with Gasteiger partial charge in [0, 0.05) is 43.4 Å². The van der Waals surface area contributed by atoms with Crippen LogP contribution in [0.1, 0.15) is 29.0 Å². The van der Waals surface area contributed by atoms with Crippen LogP contribution in [0.25, 0.3) is 0 Å². The number of aryl methyl sites for hydroxylation is 1. The Morgan fingerprint density at radius 3 is 3.12 bits per heavy atom. The molecule has 1 N–H and O–H groups in total. The van der Waals surface area contributed by atoms with Gasteiger partial charge in [0.15, 0.2) is 11.5 Å². The summed E-state index contributed by atoms with van der Waals surface area (Å²) in [6.07, 6.45) is 6.27. The first kappa shape index (κ1) is 15.3. The van der Waals surface area contributed by atoms with Crippen molar-refractivity contribution in [1.29, 1.82) is 0 Å². The molecule has 1 aromatic heterocycles. The van der Waals surface area contributed by atoms with Gasteiger partial charge in [-0.15, -0.1) is 0 Å². The summed E-state index contributed by atoms with van der Waals surface area (Å²) in [4.78, 5) is 16.9. The van der Waals surface area contributed by atoms with E-state index in [-0.39, 0.29) is 11.9 Å². The monoisotopic (exact) mass is 347 g/mol. The predicted molar refractivity (Wildman–Crippen MR) is 88.9 cm³/mol. The van der Waals surface area contributed by atoms with E-state index in [0.29, 0.717) is 35.3 Å². The summed E-state index contributed by atoms with van der Waals surface area (Å²) in [5, 5.41) is 3.48. The van der Waals surface area contributed by atoms with Gasteiger partial charge in [-0.25, -0.2) is 4.98 Å². The van der Waals surface area contributed by atoms with E-state index >= 15 is 0 Å². The zero-order valence-electron chi connectivity index (χ0n) is 13.1. The second kappa shape index (κ2) is 6.36. The fourth-order valence-electron chi connectivity index (χ4n) is 3.11. The molecule has 6 nitrogen and oxygen atoms in total. The summed E-state index contributed by atoms with van der Waals surface area (Å²) in [6, 6.07) is 3.41. The number of rotatable bonds is 2. The molecule has 3 heterocycles. The van der Waals surface area contributed by atoms with Gasteiger partial charge in [0.2, 0.25) is 0 Å². The Morgan fingerprint density at radius 2 is 2.21 bits per heavy atom. The lowest BCUT2D eigenvalue weighted by Crippen LogP contribution is -2.40. The van der Waals surface area contributed by atoms with Gasteiger partial charge in [-0.05, 0) is 18.6 Å². The van der Waals surface area contributed by atoms with Crippen LogP contribution in [-0.4, -0.2) is 34.7 Å². The number of nitrogens with one attached hydrogen (secondary N) is 1. The van der Waals surface area contributed by atoms with Crippen molar-refractivity contribution in [3.05, 3.63) is 40.9 Å². The highest BCUT2D eigenvalue weighted by Gasteiger charge is 2.23. The third-order valence-electron chi connectivity index (χ3n) is 4.33. The molecule has 4 rings (SSSR count). The summed E-state index contributed by atoms with van der Waals surface area (Å²) in [6.45, 7) is 1.85. The van der Waals surface area contributed by atoms with Crippen LogP contribution in [0.5, 0.6) is 11.5 Å². The second-order valence-electron chi connectivity index (χ2n) is 6.04. The number of carbonyl (C=O) groups is 1. The van der Waals surface area contributed by atoms with Crippen molar-refractivity contribution in [2.45, 2.75) is 31.8 Å². The van der Waals surface area contributed by atoms with Crippen LogP contribution in [0.2, 0.25) is 5.02 Å². The van der Waals surface area contributed by atoms with E-state index in [1.54, 1.807) is 18.3 Å². The Kier molecular flexibility index (Phi) is 4.06. The molecule has 2 aliphatic rings. The number of benzene rings is 1. The van der Waals surface area contributed by atoms with Gasteiger partial charge in [-0.2, -0.15) is 0 Å². The lowest BCUT2D eigenvalue weighted by atomic mass is 10.1. The number of imidazole rings is 1. The summed E-state index contributed by atoms with van der Waals surface area (Å²) >= 11 is 6.26. The topological polar surface area (TPSA) is 65.4 Å². The summed E-state index contributed by atoms with van der Waals surface area (Å²) < 4.78 is 13.3. The molecule has 1 amide bonds. The standard InChI is InChI=1S/C17H18ClN3O3/c18-13-8-11(9-14-16(13)24-7-1-6-23-14)17(22)20-12-2-3-15-19-4-5-21(15)10-12/h4-5,8-9,12H,1-3,6-7,10H2,(H,20,22)/t12-/m0/s1. The zero-order chi connectivity index (χ0) is 16.5. The van der Waals surface area contributed by atoms with Gasteiger partial charge < -0.3 is 19.4 Å². The SMILES string of the molecule is O=C(N[C@H]1CCc2nccn2C1)c1cc(Cl)c2c(c1)OCCCO2. The van der Waals surface area contributed by atoms with Crippen LogP contribution in [-0.2, 0) is 13.0 Å². The van der Waals surface area contributed by atoms with Gasteiger partial charge in [-0.1, -0.05) is 11.6 Å². The normalized spacial score (nSPS) is 19.3. The van der Waals surface area contributed by atoms with Crippen molar-refractivity contribution in [2.24, 2.45) is 0 Å². The van der Waals surface area contributed by atoms with Crippen molar-refractivity contribution in [1.82, 2.24) is 14.9 Å². The Balaban J connectivity index is 1.51. The van der Waals surface area contributed by atoms with E-state index < -0.39 is 0 Å². The number of amides is 1. The molecule has 0 bridgehead atoms. The number of halogens is 1. The molecular formula is C17H18ClN3O3. The van der Waals surface area contributed by atoms with Gasteiger partial charge in [0.25, 0.3) is 5.91 Å². The maximum absolute atomic E-state index is 12.6. The second-order valence-corrected chi connectivity index (χ2v) is 6.45. The Morgan fingerprint density at radius 1 is 1.33 bits per heavy atom. The van der Waals surface area contributed by atoms with E-state index in [9.17, 15) is 4.79 Å². The van der Waals surface area contributed by atoms with Crippen LogP contribution in [0.15, 0.2) is 24.5 Å². The molecule has 1 atom stereocenters. The first-order valence-corrected chi connectivity index (χ1v) is 8.48. The molecule has 0 unspecified atom stereocenters. The van der Waals surface area contributed by atoms with Crippen molar-refractivity contribution in [2.75, 3.05) is 13.2 Å². The molecule has 0 aliphatic carbocycles. The van der Waals surface area contributed by atoms with Gasteiger partial charge in [-0.3, -0.25) is 4.79 Å². The highest BCUT2D eigenvalue weighted by atomic mass is 35.5. The fraction of sp³-hybridized carbons (Fsp3) is 0.412. The molecule has 0 spiro atoms. The van der Waals surface area contributed by atoms with E-state index in [1.807, 2.05) is 6.20 Å². The van der Waals surface area contributed by atoms with Crippen LogP contribution in [0, 0.1) is 0 Å². The van der Waals surface area contributed by atoms with Crippen molar-refractivity contribution in [3.8, 4) is 11.5 Å². The number of hydrogen-bond donors (Lipinski definition) is 1. The summed E-state index contributed by atoms with van der Waals surface area (Å²) in [5.41, 5.74) is 0.487. The maximum atomic E-state index is 12.6. The first-order chi connectivity index (χ1) is 11.7. The van der Waals surface area contributed by atoms with Gasteiger partial charge >= 0.3 is 0 Å². The van der Waals surface area contributed by atoms with Crippen LogP contribution < -0.4 is 14.8 Å². The number of ether oxygens (including phenoxy) is 2. The number of nitrogens with zero attached hydrogens (tertiary/aromatic N) is 2. The Labute approximate surface area is 144 Å². The smallest absolute Gasteiger partial charge is 0.251 e. The lowest BCUT2D eigenvalue weighted by Gasteiger charge is -2.25. The van der Waals surface area contributed by atoms with Crippen LogP contribution >= 0.6 is 11.6 Å². The molecule has 1 aromatic carbocycles. The molecule has 0 fully saturated rings. The molecule has 126 valence electrons. The third kappa shape index (κ3) is 2.94. The van der Waals surface area contributed by atoms with Crippen molar-refractivity contribution >= 4 is 17.5 Å². The quantitative estimate of drug-likeness (QED) is 0.906. The van der Waals surface area contributed by atoms with Crippen molar-refractivity contribution < 1.29 is 14.3 Å². The fourth-order valence-corrected chi connectivity index (χ4v) is 3.38. The van der Waals surface area contributed by atoms with Crippen LogP contribution in [0.4, 0.5) is 0 Å². The minimum absolute atomic E-state index is 0.0777. The summed E-state index contributed by atoms with van der Waals surface area (Å²) in [7, 11) is 0. The molecule has 0 radical (unpaired) electrons. The minimum Gasteiger partial charge on any atom is -0.489 e. The van der Waals surface area contributed by atoms with E-state index in [4.69, 9.17) is 21.1 Å². The number of hydrogen-bond acceptors (Lipinski definition) is 4. The molecule has 0 saturated heterocycles. The Bertz CT molecular complexity index is 774. The predicted octanol–water partition coefficient (Wildman–Crippen LogP) is 2.44. The molecule has 2 aromatic rings. The number of aromatic nitrogens is 2. The lowest BCUT2D eigenvalue weighted by molar-refractivity contribution is 0.0927. The van der Waals surface area contributed by atoms with Crippen molar-refractivity contribution in [3.63, 3.8) is 0 Å². The average Bonchev–Trinajstić information content (AvgIpc) is 2.90. The van der Waals surface area contributed by atoms with Gasteiger partial charge in [0.05, 0.1) is 18.2 Å². The van der Waals surface area contributed by atoms with E-state index in [1.165, 1.54) is 0 Å². The highest BCUT2D eigenvalue weighted by molar-refractivity contribution is 6.32. The summed E-state index contributed by atoms with van der Waals surface area (Å²) in [5.74, 6) is 1.97. The molecule has 0 saturated carbocycles. The molecule has 2 aliphatic heterocycles. The first-order valence-electron chi connectivity index (χ1n) is 8.11. The highest BCUT2D eigenvalue weighted by Crippen LogP contribution is 2.38. The van der Waals surface area contributed by atoms with Crippen LogP contribution in [0.3, 0.4) is 0 Å². The molecule has 24 heavy (non-hydrogen) atoms. The largest absolute Gasteiger partial charge is 0.489 e. The van der Waals surface area contributed by atoms with E-state index in [0.717, 1.165) is 31.6 Å². The zero-order valence-corrected chi connectivity index (χ0v) is 13.9. The minimum atomic E-state index is -0.152. The van der Waals surface area contributed by atoms with E-state index in [2.05, 4.69) is 14.9 Å². The third-order valence-corrected chi connectivity index (χ3v) is 4.62. The molecule has 7 heteroatoms. The van der Waals surface area contributed by atoms with Gasteiger partial charge in [0.1, 0.15) is 5.82 Å². The maximum Gasteiger partial charge on any atom is 0.251 e. The number of fused-ring (bicyclic) bond motifs is 2. The molecular weight excluding hydrogens is 330 g/mol.